The molecule has 0 fully saturated rings. The minimum atomic E-state index is 0.0141. The van der Waals surface area contributed by atoms with Crippen molar-refractivity contribution in [2.24, 2.45) is 0 Å². The van der Waals surface area contributed by atoms with E-state index >= 15 is 0 Å². The molecule has 122 valence electrons. The average molecular weight is 387 g/mol. The monoisotopic (exact) mass is 386 g/mol. The normalized spacial score (nSPS) is 14.1. The summed E-state index contributed by atoms with van der Waals surface area (Å²) in [5, 5.41) is 4.28. The van der Waals surface area contributed by atoms with Crippen LogP contribution in [0.25, 0.3) is 11.0 Å². The number of halogens is 1. The Bertz CT molecular complexity index is 908. The number of aromatic nitrogens is 3. The Kier molecular flexibility index (Phi) is 3.93. The van der Waals surface area contributed by atoms with E-state index in [1.165, 1.54) is 0 Å². The van der Waals surface area contributed by atoms with Crippen LogP contribution in [0, 0.1) is 0 Å². The number of amides is 1. The summed E-state index contributed by atoms with van der Waals surface area (Å²) in [5.41, 5.74) is 2.65. The molecule has 0 saturated heterocycles. The smallest absolute Gasteiger partial charge is 0.244 e. The van der Waals surface area contributed by atoms with Gasteiger partial charge < -0.3 is 9.64 Å². The van der Waals surface area contributed by atoms with E-state index in [1.807, 2.05) is 35.2 Å². The molecule has 3 aromatic rings. The lowest BCUT2D eigenvalue weighted by atomic mass is 10.2. The van der Waals surface area contributed by atoms with Gasteiger partial charge in [0.25, 0.3) is 0 Å². The molecular formula is C17H15BrN4O2. The van der Waals surface area contributed by atoms with Gasteiger partial charge in [0.05, 0.1) is 18.3 Å². The second-order valence-corrected chi connectivity index (χ2v) is 6.54. The Balaban J connectivity index is 1.56. The lowest BCUT2D eigenvalue weighted by Crippen LogP contribution is -2.35. The van der Waals surface area contributed by atoms with Crippen LogP contribution in [-0.2, 0) is 17.9 Å². The van der Waals surface area contributed by atoms with Gasteiger partial charge in [0, 0.05) is 22.8 Å². The third kappa shape index (κ3) is 2.87. The molecule has 1 aliphatic rings. The summed E-state index contributed by atoms with van der Waals surface area (Å²) in [7, 11) is 0. The minimum absolute atomic E-state index is 0.0141. The number of ether oxygens (including phenoxy) is 1. The zero-order valence-corrected chi connectivity index (χ0v) is 14.4. The molecule has 0 spiro atoms. The predicted molar refractivity (Wildman–Crippen MR) is 92.6 cm³/mol. The minimum Gasteiger partial charge on any atom is -0.491 e. The number of fused-ring (bicyclic) bond motifs is 2. The van der Waals surface area contributed by atoms with Gasteiger partial charge in [-0.25, -0.2) is 0 Å². The highest BCUT2D eigenvalue weighted by atomic mass is 79.9. The van der Waals surface area contributed by atoms with Crippen molar-refractivity contribution in [2.75, 3.05) is 13.2 Å². The Morgan fingerprint density at radius 2 is 2.25 bits per heavy atom. The van der Waals surface area contributed by atoms with Gasteiger partial charge in [-0.15, -0.1) is 0 Å². The van der Waals surface area contributed by atoms with Crippen LogP contribution < -0.4 is 4.74 Å². The fourth-order valence-electron chi connectivity index (χ4n) is 2.84. The molecule has 6 nitrogen and oxygen atoms in total. The van der Waals surface area contributed by atoms with Crippen molar-refractivity contribution < 1.29 is 9.53 Å². The van der Waals surface area contributed by atoms with E-state index in [-0.39, 0.29) is 12.5 Å². The molecule has 0 saturated carbocycles. The molecule has 1 amide bonds. The molecule has 0 unspecified atom stereocenters. The fourth-order valence-corrected chi connectivity index (χ4v) is 3.25. The van der Waals surface area contributed by atoms with E-state index in [0.717, 1.165) is 26.8 Å². The third-order valence-electron chi connectivity index (χ3n) is 4.05. The van der Waals surface area contributed by atoms with Crippen LogP contribution in [0.2, 0.25) is 0 Å². The number of pyridine rings is 1. The Morgan fingerprint density at radius 1 is 1.33 bits per heavy atom. The van der Waals surface area contributed by atoms with Crippen molar-refractivity contribution in [2.45, 2.75) is 13.1 Å². The predicted octanol–water partition coefficient (Wildman–Crippen LogP) is 2.62. The van der Waals surface area contributed by atoms with Gasteiger partial charge in [-0.2, -0.15) is 5.10 Å². The highest BCUT2D eigenvalue weighted by Crippen LogP contribution is 2.26. The molecule has 1 aliphatic heterocycles. The van der Waals surface area contributed by atoms with Crippen LogP contribution in [0.15, 0.2) is 47.2 Å². The van der Waals surface area contributed by atoms with Crippen LogP contribution in [0.3, 0.4) is 0 Å². The van der Waals surface area contributed by atoms with Crippen molar-refractivity contribution >= 4 is 32.9 Å². The maximum Gasteiger partial charge on any atom is 0.244 e. The SMILES string of the molecule is O=C(Cn1ncc2ncccc21)N1CCOc2ccc(Br)cc2C1. The van der Waals surface area contributed by atoms with Crippen molar-refractivity contribution in [1.82, 2.24) is 19.7 Å². The largest absolute Gasteiger partial charge is 0.491 e. The van der Waals surface area contributed by atoms with Crippen LogP contribution in [0.4, 0.5) is 0 Å². The van der Waals surface area contributed by atoms with E-state index in [0.29, 0.717) is 19.7 Å². The first-order chi connectivity index (χ1) is 11.7. The molecule has 0 bridgehead atoms. The van der Waals surface area contributed by atoms with E-state index < -0.39 is 0 Å². The maximum atomic E-state index is 12.7. The molecular weight excluding hydrogens is 372 g/mol. The molecule has 7 heteroatoms. The van der Waals surface area contributed by atoms with Gasteiger partial charge in [0.1, 0.15) is 24.4 Å². The molecule has 1 aromatic carbocycles. The summed E-state index contributed by atoms with van der Waals surface area (Å²) in [6, 6.07) is 9.63. The van der Waals surface area contributed by atoms with Gasteiger partial charge in [0.15, 0.2) is 0 Å². The van der Waals surface area contributed by atoms with Gasteiger partial charge in [-0.1, -0.05) is 15.9 Å². The van der Waals surface area contributed by atoms with Crippen molar-refractivity contribution in [3.8, 4) is 5.75 Å². The second-order valence-electron chi connectivity index (χ2n) is 5.63. The van der Waals surface area contributed by atoms with Crippen LogP contribution in [0.1, 0.15) is 5.56 Å². The first-order valence-electron chi connectivity index (χ1n) is 7.66. The van der Waals surface area contributed by atoms with E-state index in [2.05, 4.69) is 26.0 Å². The Labute approximate surface area is 147 Å². The summed E-state index contributed by atoms with van der Waals surface area (Å²) < 4.78 is 8.41. The number of benzene rings is 1. The number of carbonyl (C=O) groups excluding carboxylic acids is 1. The topological polar surface area (TPSA) is 60.2 Å². The summed E-state index contributed by atoms with van der Waals surface area (Å²) in [5.74, 6) is 0.850. The van der Waals surface area contributed by atoms with Gasteiger partial charge in [-0.3, -0.25) is 14.5 Å². The van der Waals surface area contributed by atoms with Gasteiger partial charge in [-0.05, 0) is 30.3 Å². The number of carbonyl (C=O) groups is 1. The Hall–Kier alpha value is -2.41. The lowest BCUT2D eigenvalue weighted by Gasteiger charge is -2.20. The van der Waals surface area contributed by atoms with Crippen molar-refractivity contribution in [3.05, 3.63) is 52.8 Å². The number of hydrogen-bond donors (Lipinski definition) is 0. The first-order valence-corrected chi connectivity index (χ1v) is 8.45. The summed E-state index contributed by atoms with van der Waals surface area (Å²) in [6.45, 7) is 1.77. The number of hydrogen-bond acceptors (Lipinski definition) is 4. The maximum absolute atomic E-state index is 12.7. The van der Waals surface area contributed by atoms with Crippen molar-refractivity contribution in [1.29, 1.82) is 0 Å². The number of rotatable bonds is 2. The molecule has 2 aromatic heterocycles. The second kappa shape index (κ2) is 6.24. The molecule has 24 heavy (non-hydrogen) atoms. The summed E-state index contributed by atoms with van der Waals surface area (Å²) in [4.78, 5) is 18.8. The zero-order chi connectivity index (χ0) is 16.5. The molecule has 0 atom stereocenters. The van der Waals surface area contributed by atoms with Crippen LogP contribution in [0.5, 0.6) is 5.75 Å². The van der Waals surface area contributed by atoms with Crippen LogP contribution in [-0.4, -0.2) is 38.7 Å². The molecule has 3 heterocycles. The highest BCUT2D eigenvalue weighted by molar-refractivity contribution is 9.10. The van der Waals surface area contributed by atoms with E-state index in [1.54, 1.807) is 17.1 Å². The summed E-state index contributed by atoms with van der Waals surface area (Å²) >= 11 is 3.47. The number of nitrogens with zero attached hydrogens (tertiary/aromatic N) is 4. The van der Waals surface area contributed by atoms with E-state index in [4.69, 9.17) is 4.74 Å². The third-order valence-corrected chi connectivity index (χ3v) is 4.55. The van der Waals surface area contributed by atoms with E-state index in [9.17, 15) is 4.79 Å². The molecule has 0 aliphatic carbocycles. The molecule has 0 N–H and O–H groups in total. The molecule has 4 rings (SSSR count). The standard InChI is InChI=1S/C17H15BrN4O2/c18-13-3-4-16-12(8-13)10-21(6-7-24-16)17(23)11-22-15-2-1-5-19-14(15)9-20-22/h1-5,8-9H,6-7,10-11H2. The summed E-state index contributed by atoms with van der Waals surface area (Å²) in [6.07, 6.45) is 3.40. The highest BCUT2D eigenvalue weighted by Gasteiger charge is 2.21. The first kappa shape index (κ1) is 15.1. The van der Waals surface area contributed by atoms with Crippen molar-refractivity contribution in [3.63, 3.8) is 0 Å². The van der Waals surface area contributed by atoms with Crippen LogP contribution >= 0.6 is 15.9 Å². The van der Waals surface area contributed by atoms with Gasteiger partial charge in [0.2, 0.25) is 5.91 Å². The lowest BCUT2D eigenvalue weighted by molar-refractivity contribution is -0.132. The van der Waals surface area contributed by atoms with Gasteiger partial charge >= 0.3 is 0 Å². The average Bonchev–Trinajstić information content (AvgIpc) is 2.86. The zero-order valence-electron chi connectivity index (χ0n) is 12.9. The quantitative estimate of drug-likeness (QED) is 0.679. The molecule has 0 radical (unpaired) electrons. The Morgan fingerprint density at radius 3 is 3.17 bits per heavy atom. The fraction of sp³-hybridized carbons (Fsp3) is 0.235.